The molecule has 2 N–H and O–H groups in total. The fraction of sp³-hybridized carbons (Fsp3) is 0.381. The van der Waals surface area contributed by atoms with Gasteiger partial charge < -0.3 is 4.98 Å². The average Bonchev–Trinajstić information content (AvgIpc) is 3.24. The predicted molar refractivity (Wildman–Crippen MR) is 112 cm³/mol. The summed E-state index contributed by atoms with van der Waals surface area (Å²) in [5.41, 5.74) is 3.00. The van der Waals surface area contributed by atoms with Crippen molar-refractivity contribution in [2.24, 2.45) is 5.41 Å². The van der Waals surface area contributed by atoms with Gasteiger partial charge in [-0.1, -0.05) is 26.8 Å². The van der Waals surface area contributed by atoms with Crippen molar-refractivity contribution >= 4 is 38.0 Å². The van der Waals surface area contributed by atoms with Crippen LogP contribution in [0.4, 0.5) is 0 Å². The summed E-state index contributed by atoms with van der Waals surface area (Å²) in [6.45, 7) is 6.38. The summed E-state index contributed by atoms with van der Waals surface area (Å²) in [5.74, 6) is 0.131. The maximum Gasteiger partial charge on any atom is 0.241 e. The van der Waals surface area contributed by atoms with Crippen LogP contribution >= 0.6 is 11.3 Å². The molecule has 0 atom stereocenters. The Hall–Kier alpha value is -1.96. The van der Waals surface area contributed by atoms with Crippen molar-refractivity contribution in [1.29, 1.82) is 0 Å². The highest BCUT2D eigenvalue weighted by Gasteiger charge is 2.34. The van der Waals surface area contributed by atoms with Gasteiger partial charge in [-0.3, -0.25) is 4.79 Å². The van der Waals surface area contributed by atoms with Crippen molar-refractivity contribution in [3.8, 4) is 0 Å². The zero-order valence-corrected chi connectivity index (χ0v) is 17.9. The van der Waals surface area contributed by atoms with Crippen molar-refractivity contribution in [2.75, 3.05) is 0 Å². The summed E-state index contributed by atoms with van der Waals surface area (Å²) in [6.07, 6.45) is 1.87. The molecule has 0 saturated heterocycles. The van der Waals surface area contributed by atoms with E-state index >= 15 is 0 Å². The van der Waals surface area contributed by atoms with Gasteiger partial charge in [0.25, 0.3) is 0 Å². The van der Waals surface area contributed by atoms with E-state index in [4.69, 9.17) is 0 Å². The van der Waals surface area contributed by atoms with Crippen molar-refractivity contribution in [1.82, 2.24) is 9.71 Å². The predicted octanol–water partition coefficient (Wildman–Crippen LogP) is 4.43. The molecular weight excluding hydrogens is 392 g/mol. The van der Waals surface area contributed by atoms with Gasteiger partial charge in [0.15, 0.2) is 5.78 Å². The Morgan fingerprint density at radius 2 is 2.04 bits per heavy atom. The number of sulfonamides is 1. The highest BCUT2D eigenvalue weighted by Crippen LogP contribution is 2.39. The van der Waals surface area contributed by atoms with Crippen LogP contribution in [0.5, 0.6) is 0 Å². The second-order valence-electron chi connectivity index (χ2n) is 8.18. The monoisotopic (exact) mass is 416 g/mol. The number of benzene rings is 1. The molecule has 0 fully saturated rings. The van der Waals surface area contributed by atoms with Crippen LogP contribution in [0.3, 0.4) is 0 Å². The van der Waals surface area contributed by atoms with E-state index in [2.05, 4.69) is 23.6 Å². The molecule has 5 nitrogen and oxygen atoms in total. The maximum absolute atomic E-state index is 13.0. The molecule has 148 valence electrons. The molecule has 3 aromatic rings. The molecule has 2 heterocycles. The van der Waals surface area contributed by atoms with Crippen LogP contribution in [0.15, 0.2) is 34.5 Å². The minimum absolute atomic E-state index is 0.0876. The minimum atomic E-state index is -3.66. The Bertz CT molecular complexity index is 1160. The second kappa shape index (κ2) is 6.83. The summed E-state index contributed by atoms with van der Waals surface area (Å²) in [6, 6.07) is 7.37. The first kappa shape index (κ1) is 19.4. The van der Waals surface area contributed by atoms with Crippen LogP contribution < -0.4 is 4.72 Å². The van der Waals surface area contributed by atoms with Gasteiger partial charge in [-0.25, -0.2) is 13.1 Å². The summed E-state index contributed by atoms with van der Waals surface area (Å²) >= 11 is 1.52. The molecule has 2 aromatic heterocycles. The lowest BCUT2D eigenvalue weighted by Crippen LogP contribution is -2.26. The van der Waals surface area contributed by atoms with Gasteiger partial charge in [-0.05, 0) is 47.4 Å². The third-order valence-corrected chi connectivity index (χ3v) is 7.68. The molecule has 1 aliphatic rings. The summed E-state index contributed by atoms with van der Waals surface area (Å²) < 4.78 is 28.7. The van der Waals surface area contributed by atoms with Crippen molar-refractivity contribution < 1.29 is 13.2 Å². The quantitative estimate of drug-likeness (QED) is 0.646. The van der Waals surface area contributed by atoms with E-state index in [1.54, 1.807) is 6.07 Å². The zero-order chi connectivity index (χ0) is 20.1. The standard InChI is InChI=1S/C21H24N2O3S2/c1-4-13-8-15-16(23-17-10-21(2,3)11-18(24)20(15)17)9-19(13)28(25,26)22-12-14-6-5-7-27-14/h5-9,22-23H,4,10-12H2,1-3H3. The number of aryl methyl sites for hydroxylation is 1. The van der Waals surface area contributed by atoms with Crippen molar-refractivity contribution in [3.63, 3.8) is 0 Å². The van der Waals surface area contributed by atoms with Gasteiger partial charge in [-0.15, -0.1) is 11.3 Å². The fourth-order valence-corrected chi connectivity index (χ4v) is 6.08. The Balaban J connectivity index is 1.78. The van der Waals surface area contributed by atoms with Crippen molar-refractivity contribution in [2.45, 2.75) is 51.5 Å². The smallest absolute Gasteiger partial charge is 0.241 e. The number of carbonyl (C=O) groups excluding carboxylic acids is 1. The van der Waals surface area contributed by atoms with Crippen LogP contribution in [0.2, 0.25) is 0 Å². The first-order valence-electron chi connectivity index (χ1n) is 9.43. The Labute approximate surface area is 169 Å². The number of thiophene rings is 1. The first-order valence-corrected chi connectivity index (χ1v) is 11.8. The summed E-state index contributed by atoms with van der Waals surface area (Å²) in [5, 5.41) is 2.76. The lowest BCUT2D eigenvalue weighted by molar-refractivity contribution is 0.0913. The Morgan fingerprint density at radius 3 is 2.71 bits per heavy atom. The highest BCUT2D eigenvalue weighted by atomic mass is 32.2. The van der Waals surface area contributed by atoms with Gasteiger partial charge in [0, 0.05) is 40.0 Å². The number of nitrogens with one attached hydrogen (secondary N) is 2. The SMILES string of the molecule is CCc1cc2c3c([nH]c2cc1S(=O)(=O)NCc1cccs1)CC(C)(C)CC3=O. The van der Waals surface area contributed by atoms with Crippen LogP contribution in [-0.2, 0) is 29.4 Å². The van der Waals surface area contributed by atoms with E-state index in [0.29, 0.717) is 18.4 Å². The molecule has 1 aromatic carbocycles. The molecule has 1 aliphatic carbocycles. The molecule has 0 spiro atoms. The number of hydrogen-bond acceptors (Lipinski definition) is 4. The number of carbonyl (C=O) groups is 1. The Morgan fingerprint density at radius 1 is 1.25 bits per heavy atom. The third-order valence-electron chi connectivity index (χ3n) is 5.32. The van der Waals surface area contributed by atoms with Gasteiger partial charge >= 0.3 is 0 Å². The molecule has 4 rings (SSSR count). The van der Waals surface area contributed by atoms with Crippen LogP contribution in [-0.4, -0.2) is 19.2 Å². The molecule has 0 unspecified atom stereocenters. The van der Waals surface area contributed by atoms with E-state index in [1.165, 1.54) is 11.3 Å². The minimum Gasteiger partial charge on any atom is -0.358 e. The van der Waals surface area contributed by atoms with Crippen LogP contribution in [0, 0.1) is 5.41 Å². The number of Topliss-reactive ketones (excluding diaryl/α,β-unsaturated/α-hetero) is 1. The highest BCUT2D eigenvalue weighted by molar-refractivity contribution is 7.89. The van der Waals surface area contributed by atoms with E-state index in [-0.39, 0.29) is 22.6 Å². The number of aromatic nitrogens is 1. The van der Waals surface area contributed by atoms with E-state index in [0.717, 1.165) is 33.5 Å². The third kappa shape index (κ3) is 3.43. The maximum atomic E-state index is 13.0. The number of rotatable bonds is 5. The second-order valence-corrected chi connectivity index (χ2v) is 11.0. The molecule has 28 heavy (non-hydrogen) atoms. The van der Waals surface area contributed by atoms with E-state index in [9.17, 15) is 13.2 Å². The number of fused-ring (bicyclic) bond motifs is 3. The van der Waals surface area contributed by atoms with Gasteiger partial charge in [0.1, 0.15) is 0 Å². The van der Waals surface area contributed by atoms with E-state index in [1.807, 2.05) is 30.5 Å². The fourth-order valence-electron chi connectivity index (χ4n) is 4.02. The average molecular weight is 417 g/mol. The molecule has 0 radical (unpaired) electrons. The summed E-state index contributed by atoms with van der Waals surface area (Å²) in [4.78, 5) is 17.3. The van der Waals surface area contributed by atoms with Crippen LogP contribution in [0.25, 0.3) is 10.9 Å². The van der Waals surface area contributed by atoms with E-state index < -0.39 is 10.0 Å². The molecule has 0 aliphatic heterocycles. The molecule has 0 saturated carbocycles. The topological polar surface area (TPSA) is 79.0 Å². The Kier molecular flexibility index (Phi) is 4.72. The number of hydrogen-bond donors (Lipinski definition) is 2. The van der Waals surface area contributed by atoms with Gasteiger partial charge in [-0.2, -0.15) is 0 Å². The molecule has 7 heteroatoms. The molecular formula is C21H24N2O3S2. The zero-order valence-electron chi connectivity index (χ0n) is 16.3. The lowest BCUT2D eigenvalue weighted by Gasteiger charge is -2.28. The first-order chi connectivity index (χ1) is 13.2. The largest absolute Gasteiger partial charge is 0.358 e. The number of aromatic amines is 1. The van der Waals surface area contributed by atoms with Gasteiger partial charge in [0.2, 0.25) is 10.0 Å². The van der Waals surface area contributed by atoms with Crippen LogP contribution in [0.1, 0.15) is 53.7 Å². The van der Waals surface area contributed by atoms with Gasteiger partial charge in [0.05, 0.1) is 4.90 Å². The molecule has 0 bridgehead atoms. The van der Waals surface area contributed by atoms with Crippen molar-refractivity contribution in [3.05, 3.63) is 51.3 Å². The summed E-state index contributed by atoms with van der Waals surface area (Å²) in [7, 11) is -3.66. The number of H-pyrrole nitrogens is 1. The number of ketones is 1. The normalized spacial score (nSPS) is 16.5. The lowest BCUT2D eigenvalue weighted by atomic mass is 9.76. The molecule has 0 amide bonds.